The van der Waals surface area contributed by atoms with Gasteiger partial charge in [-0.1, -0.05) is 72.0 Å². The predicted octanol–water partition coefficient (Wildman–Crippen LogP) is 6.91. The highest BCUT2D eigenvalue weighted by molar-refractivity contribution is 7.19. The molecule has 0 bridgehead atoms. The zero-order chi connectivity index (χ0) is 24.5. The average Bonchev–Trinajstić information content (AvgIpc) is 3.61. The first-order valence-corrected chi connectivity index (χ1v) is 12.2. The lowest BCUT2D eigenvalue weighted by atomic mass is 10.1. The highest BCUT2D eigenvalue weighted by Crippen LogP contribution is 2.40. The number of aromatic nitrogens is 3. The van der Waals surface area contributed by atoms with E-state index >= 15 is 0 Å². The third-order valence-corrected chi connectivity index (χ3v) is 6.74. The second-order valence-corrected chi connectivity index (χ2v) is 9.12. The van der Waals surface area contributed by atoms with Crippen molar-refractivity contribution >= 4 is 33.1 Å². The van der Waals surface area contributed by atoms with Gasteiger partial charge in [-0.2, -0.15) is 0 Å². The van der Waals surface area contributed by atoms with E-state index in [1.807, 2.05) is 97.9 Å². The topological polar surface area (TPSA) is 73.3 Å². The molecule has 3 aromatic heterocycles. The van der Waals surface area contributed by atoms with E-state index in [9.17, 15) is 4.79 Å². The van der Waals surface area contributed by atoms with Crippen LogP contribution in [0.4, 0.5) is 5.13 Å². The van der Waals surface area contributed by atoms with E-state index in [1.54, 1.807) is 16.9 Å². The Morgan fingerprint density at radius 3 is 2.33 bits per heavy atom. The van der Waals surface area contributed by atoms with E-state index in [4.69, 9.17) is 19.4 Å². The van der Waals surface area contributed by atoms with Crippen molar-refractivity contribution in [3.8, 4) is 27.6 Å². The maximum Gasteiger partial charge on any atom is 0.266 e. The Morgan fingerprint density at radius 1 is 0.861 bits per heavy atom. The maximum absolute atomic E-state index is 13.8. The molecule has 6 rings (SSSR count). The molecule has 0 N–H and O–H groups in total. The summed E-state index contributed by atoms with van der Waals surface area (Å²) in [4.78, 5) is 29.1. The number of para-hydroxylation sites is 2. The van der Waals surface area contributed by atoms with Crippen LogP contribution in [-0.2, 0) is 0 Å². The molecule has 0 amide bonds. The van der Waals surface area contributed by atoms with Crippen LogP contribution in [0.25, 0.3) is 38.5 Å². The predicted molar refractivity (Wildman–Crippen MR) is 144 cm³/mol. The monoisotopic (exact) mass is 488 g/mol. The molecule has 36 heavy (non-hydrogen) atoms. The van der Waals surface area contributed by atoms with Gasteiger partial charge in [-0.3, -0.25) is 9.36 Å². The summed E-state index contributed by atoms with van der Waals surface area (Å²) in [5.74, 6) is 1.20. The first-order chi connectivity index (χ1) is 17.7. The second kappa shape index (κ2) is 9.20. The van der Waals surface area contributed by atoms with Crippen molar-refractivity contribution in [2.24, 2.45) is 4.99 Å². The van der Waals surface area contributed by atoms with Crippen molar-refractivity contribution in [1.29, 1.82) is 0 Å². The number of fused-ring (bicyclic) bond motifs is 1. The van der Waals surface area contributed by atoms with Gasteiger partial charge in [-0.25, -0.2) is 15.0 Å². The van der Waals surface area contributed by atoms with Crippen LogP contribution in [-0.4, -0.2) is 20.2 Å². The second-order valence-electron chi connectivity index (χ2n) is 8.14. The summed E-state index contributed by atoms with van der Waals surface area (Å²) in [6, 6.07) is 30.6. The van der Waals surface area contributed by atoms with Crippen molar-refractivity contribution in [3.63, 3.8) is 0 Å². The summed E-state index contributed by atoms with van der Waals surface area (Å²) in [5, 5.41) is 1.11. The van der Waals surface area contributed by atoms with E-state index in [2.05, 4.69) is 0 Å². The minimum absolute atomic E-state index is 0.133. The number of rotatable bonds is 5. The maximum atomic E-state index is 13.8. The molecule has 0 spiro atoms. The van der Waals surface area contributed by atoms with Crippen LogP contribution >= 0.6 is 11.3 Å². The fraction of sp³-hybridized carbons (Fsp3) is 0.0345. The lowest BCUT2D eigenvalue weighted by Crippen LogP contribution is -2.21. The minimum Gasteiger partial charge on any atom is -0.463 e. The van der Waals surface area contributed by atoms with E-state index in [0.29, 0.717) is 33.3 Å². The Morgan fingerprint density at radius 2 is 1.58 bits per heavy atom. The fourth-order valence-corrected chi connectivity index (χ4v) is 5.07. The van der Waals surface area contributed by atoms with Gasteiger partial charge in [-0.05, 0) is 43.3 Å². The molecule has 0 aliphatic carbocycles. The van der Waals surface area contributed by atoms with Gasteiger partial charge >= 0.3 is 0 Å². The summed E-state index contributed by atoms with van der Waals surface area (Å²) >= 11 is 1.40. The molecular weight excluding hydrogens is 468 g/mol. The zero-order valence-corrected chi connectivity index (χ0v) is 20.1. The number of furan rings is 1. The van der Waals surface area contributed by atoms with Crippen molar-refractivity contribution in [1.82, 2.24) is 14.5 Å². The first-order valence-electron chi connectivity index (χ1n) is 11.4. The van der Waals surface area contributed by atoms with Crippen LogP contribution in [0.5, 0.6) is 0 Å². The van der Waals surface area contributed by atoms with E-state index in [-0.39, 0.29) is 5.56 Å². The van der Waals surface area contributed by atoms with E-state index in [1.165, 1.54) is 11.3 Å². The van der Waals surface area contributed by atoms with Gasteiger partial charge in [0.1, 0.15) is 10.6 Å². The smallest absolute Gasteiger partial charge is 0.266 e. The van der Waals surface area contributed by atoms with Crippen LogP contribution in [0.3, 0.4) is 0 Å². The number of benzene rings is 3. The number of aliphatic imine (C=N–C) groups is 1. The van der Waals surface area contributed by atoms with Crippen molar-refractivity contribution < 1.29 is 4.42 Å². The Hall–Kier alpha value is -4.62. The molecule has 0 atom stereocenters. The Labute approximate surface area is 210 Å². The van der Waals surface area contributed by atoms with E-state index in [0.717, 1.165) is 21.8 Å². The van der Waals surface area contributed by atoms with Crippen LogP contribution in [0.2, 0.25) is 0 Å². The van der Waals surface area contributed by atoms with Gasteiger partial charge in [0, 0.05) is 5.56 Å². The van der Waals surface area contributed by atoms with Gasteiger partial charge in [-0.15, -0.1) is 0 Å². The van der Waals surface area contributed by atoms with Crippen molar-refractivity contribution in [2.45, 2.75) is 6.92 Å². The fourth-order valence-electron chi connectivity index (χ4n) is 4.08. The molecule has 3 heterocycles. The summed E-state index contributed by atoms with van der Waals surface area (Å²) < 4.78 is 7.16. The molecule has 0 radical (unpaired) electrons. The van der Waals surface area contributed by atoms with Crippen molar-refractivity contribution in [3.05, 3.63) is 119 Å². The summed E-state index contributed by atoms with van der Waals surface area (Å²) in [7, 11) is 0. The highest BCUT2D eigenvalue weighted by atomic mass is 32.1. The molecule has 7 heteroatoms. The molecule has 0 unspecified atom stereocenters. The standard InChI is InChI=1S/C29H20N4O2S/c1-19(24-17-10-18-35-24)30-29-32-25(20-11-4-2-5-12-20)26(36-29)27-31-23-16-9-8-15-22(23)28(34)33(27)21-13-6-3-7-14-21/h2-18H,1H3. The zero-order valence-electron chi connectivity index (χ0n) is 19.3. The van der Waals surface area contributed by atoms with Gasteiger partial charge in [0.25, 0.3) is 5.56 Å². The number of thiazole rings is 1. The highest BCUT2D eigenvalue weighted by Gasteiger charge is 2.22. The van der Waals surface area contributed by atoms with Crippen LogP contribution in [0, 0.1) is 0 Å². The molecule has 0 aliphatic heterocycles. The van der Waals surface area contributed by atoms with Crippen molar-refractivity contribution in [2.75, 3.05) is 0 Å². The SMILES string of the molecule is CC(=Nc1nc(-c2ccccc2)c(-c2nc3ccccc3c(=O)n2-c2ccccc2)s1)c1ccco1. The number of hydrogen-bond donors (Lipinski definition) is 0. The minimum atomic E-state index is -0.133. The summed E-state index contributed by atoms with van der Waals surface area (Å²) in [5.41, 5.74) is 3.59. The largest absolute Gasteiger partial charge is 0.463 e. The molecule has 0 aliphatic rings. The molecule has 6 nitrogen and oxygen atoms in total. The molecule has 0 fully saturated rings. The van der Waals surface area contributed by atoms with Gasteiger partial charge in [0.05, 0.1) is 34.3 Å². The Balaban J connectivity index is 1.65. The van der Waals surface area contributed by atoms with Crippen LogP contribution in [0.1, 0.15) is 12.7 Å². The molecule has 0 saturated heterocycles. The van der Waals surface area contributed by atoms with E-state index < -0.39 is 0 Å². The van der Waals surface area contributed by atoms with Gasteiger partial charge in [0.15, 0.2) is 5.82 Å². The average molecular weight is 489 g/mol. The molecule has 0 saturated carbocycles. The van der Waals surface area contributed by atoms with Crippen LogP contribution in [0.15, 0.2) is 118 Å². The molecule has 174 valence electrons. The molecule has 6 aromatic rings. The van der Waals surface area contributed by atoms with Crippen LogP contribution < -0.4 is 5.56 Å². The summed E-state index contributed by atoms with van der Waals surface area (Å²) in [6.45, 7) is 1.89. The molecule has 3 aromatic carbocycles. The lowest BCUT2D eigenvalue weighted by Gasteiger charge is -2.13. The Bertz CT molecular complexity index is 1750. The Kier molecular flexibility index (Phi) is 5.59. The van der Waals surface area contributed by atoms with Gasteiger partial charge < -0.3 is 4.42 Å². The lowest BCUT2D eigenvalue weighted by molar-refractivity contribution is 0.557. The van der Waals surface area contributed by atoms with Gasteiger partial charge in [0.2, 0.25) is 5.13 Å². The third-order valence-electron chi connectivity index (χ3n) is 5.80. The quantitative estimate of drug-likeness (QED) is 0.247. The normalized spacial score (nSPS) is 11.8. The third kappa shape index (κ3) is 3.95. The number of nitrogens with zero attached hydrogens (tertiary/aromatic N) is 4. The first kappa shape index (κ1) is 21.9. The number of hydrogen-bond acceptors (Lipinski definition) is 6. The molecular formula is C29H20N4O2S. The summed E-state index contributed by atoms with van der Waals surface area (Å²) in [6.07, 6.45) is 1.62.